The van der Waals surface area contributed by atoms with Crippen LogP contribution in [0.4, 0.5) is 0 Å². The van der Waals surface area contributed by atoms with Gasteiger partial charge in [0.25, 0.3) is 0 Å². The minimum atomic E-state index is 0.135. The molecular weight excluding hydrogens is 318 g/mol. The first-order chi connectivity index (χ1) is 12.4. The molecule has 1 atom stereocenters. The number of nitrogens with one attached hydrogen (secondary N) is 1. The third-order valence-corrected chi connectivity index (χ3v) is 7.49. The van der Waals surface area contributed by atoms with E-state index in [1.807, 2.05) is 0 Å². The van der Waals surface area contributed by atoms with Crippen molar-refractivity contribution in [2.75, 3.05) is 0 Å². The lowest BCUT2D eigenvalue weighted by molar-refractivity contribution is -0.126. The van der Waals surface area contributed by atoms with Crippen molar-refractivity contribution in [2.45, 2.75) is 77.7 Å². The summed E-state index contributed by atoms with van der Waals surface area (Å²) in [6.07, 6.45) is 9.60. The van der Waals surface area contributed by atoms with Gasteiger partial charge in [-0.15, -0.1) is 0 Å². The monoisotopic (exact) mass is 353 g/mol. The van der Waals surface area contributed by atoms with E-state index in [2.05, 4.69) is 50.4 Å². The fraction of sp³-hybridized carbons (Fsp3) is 0.708. The van der Waals surface area contributed by atoms with Crippen LogP contribution in [0.5, 0.6) is 0 Å². The zero-order valence-electron chi connectivity index (χ0n) is 16.8. The molecule has 26 heavy (non-hydrogen) atoms. The first-order valence-electron chi connectivity index (χ1n) is 10.8. The molecule has 0 spiro atoms. The molecule has 142 valence electrons. The summed E-state index contributed by atoms with van der Waals surface area (Å²) in [6.45, 7) is 6.89. The molecule has 0 radical (unpaired) electrons. The van der Waals surface area contributed by atoms with Gasteiger partial charge in [0, 0.05) is 5.54 Å². The summed E-state index contributed by atoms with van der Waals surface area (Å²) in [6, 6.07) is 8.69. The van der Waals surface area contributed by atoms with Crippen LogP contribution in [0.2, 0.25) is 0 Å². The number of benzene rings is 1. The van der Waals surface area contributed by atoms with E-state index < -0.39 is 0 Å². The Kier molecular flexibility index (Phi) is 4.88. The van der Waals surface area contributed by atoms with Gasteiger partial charge in [0.2, 0.25) is 5.91 Å². The molecule has 0 saturated heterocycles. The SMILES string of the molecule is CC(C)C(C)Cc1cccc(CC(=O)NC23CC4CC(CC(C4)C2)C3)c1. The van der Waals surface area contributed by atoms with Crippen molar-refractivity contribution in [1.82, 2.24) is 5.32 Å². The third kappa shape index (κ3) is 3.85. The molecule has 1 aromatic carbocycles. The van der Waals surface area contributed by atoms with E-state index in [9.17, 15) is 4.79 Å². The van der Waals surface area contributed by atoms with E-state index in [4.69, 9.17) is 0 Å². The highest BCUT2D eigenvalue weighted by atomic mass is 16.1. The first kappa shape index (κ1) is 18.1. The topological polar surface area (TPSA) is 29.1 Å². The van der Waals surface area contributed by atoms with E-state index in [1.54, 1.807) is 0 Å². The van der Waals surface area contributed by atoms with Crippen molar-refractivity contribution < 1.29 is 4.79 Å². The van der Waals surface area contributed by atoms with Crippen LogP contribution in [-0.4, -0.2) is 11.4 Å². The molecule has 4 aliphatic rings. The van der Waals surface area contributed by atoms with Crippen molar-refractivity contribution >= 4 is 5.91 Å². The van der Waals surface area contributed by atoms with Gasteiger partial charge < -0.3 is 5.32 Å². The number of hydrogen-bond acceptors (Lipinski definition) is 1. The van der Waals surface area contributed by atoms with Crippen LogP contribution >= 0.6 is 0 Å². The highest BCUT2D eigenvalue weighted by Gasteiger charge is 2.51. The van der Waals surface area contributed by atoms with Gasteiger partial charge in [-0.3, -0.25) is 4.79 Å². The number of carbonyl (C=O) groups is 1. The van der Waals surface area contributed by atoms with Crippen LogP contribution in [0.1, 0.15) is 70.4 Å². The number of hydrogen-bond donors (Lipinski definition) is 1. The molecule has 0 aromatic heterocycles. The molecule has 1 aromatic rings. The zero-order chi connectivity index (χ0) is 18.3. The average molecular weight is 354 g/mol. The maximum absolute atomic E-state index is 12.8. The standard InChI is InChI=1S/C24H35NO/c1-16(2)17(3)7-18-5-4-6-19(8-18)12-23(26)25-24-13-20-9-21(14-24)11-22(10-20)15-24/h4-6,8,16-17,20-22H,7,9-15H2,1-3H3,(H,25,26). The fourth-order valence-corrected chi connectivity index (χ4v) is 6.26. The zero-order valence-corrected chi connectivity index (χ0v) is 16.8. The normalized spacial score (nSPS) is 33.5. The molecule has 5 rings (SSSR count). The summed E-state index contributed by atoms with van der Waals surface area (Å²) in [7, 11) is 0. The highest BCUT2D eigenvalue weighted by molar-refractivity contribution is 5.79. The Bertz CT molecular complexity index is 627. The highest BCUT2D eigenvalue weighted by Crippen LogP contribution is 2.55. The lowest BCUT2D eigenvalue weighted by Crippen LogP contribution is -2.60. The molecule has 4 bridgehead atoms. The van der Waals surface area contributed by atoms with Crippen molar-refractivity contribution in [3.8, 4) is 0 Å². The van der Waals surface area contributed by atoms with E-state index in [-0.39, 0.29) is 11.4 Å². The average Bonchev–Trinajstić information content (AvgIpc) is 2.52. The second kappa shape index (κ2) is 7.02. The summed E-state index contributed by atoms with van der Waals surface area (Å²) in [5, 5.41) is 3.51. The Labute approximate surface area is 159 Å². The predicted molar refractivity (Wildman–Crippen MR) is 107 cm³/mol. The summed E-state index contributed by atoms with van der Waals surface area (Å²) < 4.78 is 0. The van der Waals surface area contributed by atoms with Gasteiger partial charge in [0.05, 0.1) is 6.42 Å². The third-order valence-electron chi connectivity index (χ3n) is 7.49. The van der Waals surface area contributed by atoms with Crippen molar-refractivity contribution in [2.24, 2.45) is 29.6 Å². The van der Waals surface area contributed by atoms with Crippen LogP contribution in [0.3, 0.4) is 0 Å². The lowest BCUT2D eigenvalue weighted by Gasteiger charge is -2.56. The molecular formula is C24H35NO. The van der Waals surface area contributed by atoms with Gasteiger partial charge in [-0.05, 0) is 85.7 Å². The van der Waals surface area contributed by atoms with E-state index in [0.29, 0.717) is 18.3 Å². The van der Waals surface area contributed by atoms with Crippen molar-refractivity contribution in [3.63, 3.8) is 0 Å². The van der Waals surface area contributed by atoms with Crippen LogP contribution in [0.15, 0.2) is 24.3 Å². The van der Waals surface area contributed by atoms with E-state index in [0.717, 1.165) is 24.2 Å². The summed E-state index contributed by atoms with van der Waals surface area (Å²) >= 11 is 0. The Morgan fingerprint density at radius 2 is 1.62 bits per heavy atom. The summed E-state index contributed by atoms with van der Waals surface area (Å²) in [5.41, 5.74) is 2.67. The van der Waals surface area contributed by atoms with Crippen LogP contribution in [0.25, 0.3) is 0 Å². The maximum Gasteiger partial charge on any atom is 0.224 e. The van der Waals surface area contributed by atoms with Gasteiger partial charge in [-0.1, -0.05) is 45.0 Å². The Morgan fingerprint density at radius 3 is 2.19 bits per heavy atom. The summed E-state index contributed by atoms with van der Waals surface area (Å²) in [4.78, 5) is 12.8. The van der Waals surface area contributed by atoms with Gasteiger partial charge in [-0.25, -0.2) is 0 Å². The van der Waals surface area contributed by atoms with Crippen LogP contribution < -0.4 is 5.32 Å². The molecule has 2 nitrogen and oxygen atoms in total. The second-order valence-electron chi connectivity index (χ2n) is 10.2. The molecule has 0 aliphatic heterocycles. The van der Waals surface area contributed by atoms with Crippen LogP contribution in [-0.2, 0) is 17.6 Å². The Hall–Kier alpha value is -1.31. The van der Waals surface area contributed by atoms with Crippen molar-refractivity contribution in [1.29, 1.82) is 0 Å². The van der Waals surface area contributed by atoms with Gasteiger partial charge in [0.1, 0.15) is 0 Å². The lowest BCUT2D eigenvalue weighted by atomic mass is 9.53. The number of amides is 1. The molecule has 0 heterocycles. The molecule has 1 amide bonds. The first-order valence-corrected chi connectivity index (χ1v) is 10.8. The Balaban J connectivity index is 1.38. The molecule has 4 aliphatic carbocycles. The molecule has 4 saturated carbocycles. The second-order valence-corrected chi connectivity index (χ2v) is 10.2. The summed E-state index contributed by atoms with van der Waals surface area (Å²) in [5.74, 6) is 4.23. The number of carbonyl (C=O) groups excluding carboxylic acids is 1. The Morgan fingerprint density at radius 1 is 1.04 bits per heavy atom. The van der Waals surface area contributed by atoms with E-state index in [1.165, 1.54) is 49.7 Å². The van der Waals surface area contributed by atoms with Gasteiger partial charge in [-0.2, -0.15) is 0 Å². The quantitative estimate of drug-likeness (QED) is 0.753. The smallest absolute Gasteiger partial charge is 0.224 e. The minimum absolute atomic E-state index is 0.135. The number of rotatable bonds is 6. The van der Waals surface area contributed by atoms with Gasteiger partial charge in [0.15, 0.2) is 0 Å². The molecule has 1 unspecified atom stereocenters. The van der Waals surface area contributed by atoms with Crippen LogP contribution in [0, 0.1) is 29.6 Å². The largest absolute Gasteiger partial charge is 0.350 e. The van der Waals surface area contributed by atoms with E-state index >= 15 is 0 Å². The minimum Gasteiger partial charge on any atom is -0.350 e. The molecule has 4 fully saturated rings. The predicted octanol–water partition coefficient (Wildman–Crippen LogP) is 5.15. The molecule has 1 N–H and O–H groups in total. The van der Waals surface area contributed by atoms with Crippen molar-refractivity contribution in [3.05, 3.63) is 35.4 Å². The maximum atomic E-state index is 12.8. The fourth-order valence-electron chi connectivity index (χ4n) is 6.26. The molecule has 2 heteroatoms. The van der Waals surface area contributed by atoms with Gasteiger partial charge >= 0.3 is 0 Å².